The molecule has 2 rings (SSSR count). The number of nitrogens with zero attached hydrogens (tertiary/aromatic N) is 1. The standard InChI is InChI=1S/C20H22ClN3O5/c1-20(2,3)23-18(25)12-29-19(26)13-8-9-16(17(10-13)24(27)28)22-11-14-6-4-5-7-15(14)21/h4-10,22H,11-12H2,1-3H3,(H,23,25). The maximum atomic E-state index is 12.2. The predicted molar refractivity (Wildman–Crippen MR) is 110 cm³/mol. The number of amides is 1. The molecule has 2 aromatic rings. The summed E-state index contributed by atoms with van der Waals surface area (Å²) in [6.45, 7) is 5.19. The van der Waals surface area contributed by atoms with Crippen molar-refractivity contribution in [3.8, 4) is 0 Å². The molecular formula is C20H22ClN3O5. The quantitative estimate of drug-likeness (QED) is 0.399. The highest BCUT2D eigenvalue weighted by atomic mass is 35.5. The summed E-state index contributed by atoms with van der Waals surface area (Å²) >= 11 is 6.09. The molecule has 0 atom stereocenters. The lowest BCUT2D eigenvalue weighted by atomic mass is 10.1. The molecule has 9 heteroatoms. The van der Waals surface area contributed by atoms with Crippen LogP contribution in [0.4, 0.5) is 11.4 Å². The molecule has 0 saturated carbocycles. The number of nitro groups is 1. The summed E-state index contributed by atoms with van der Waals surface area (Å²) in [7, 11) is 0. The number of benzene rings is 2. The zero-order chi connectivity index (χ0) is 21.6. The number of ether oxygens (including phenoxy) is 1. The average molecular weight is 420 g/mol. The average Bonchev–Trinajstić information content (AvgIpc) is 2.64. The van der Waals surface area contributed by atoms with Crippen molar-refractivity contribution in [3.63, 3.8) is 0 Å². The molecule has 2 N–H and O–H groups in total. The van der Waals surface area contributed by atoms with Gasteiger partial charge in [-0.3, -0.25) is 14.9 Å². The van der Waals surface area contributed by atoms with E-state index in [1.165, 1.54) is 12.1 Å². The second-order valence-electron chi connectivity index (χ2n) is 7.31. The molecule has 0 bridgehead atoms. The maximum Gasteiger partial charge on any atom is 0.338 e. The summed E-state index contributed by atoms with van der Waals surface area (Å²) in [6, 6.07) is 11.0. The van der Waals surface area contributed by atoms with Crippen molar-refractivity contribution in [1.82, 2.24) is 5.32 Å². The molecule has 0 heterocycles. The number of carbonyl (C=O) groups excluding carboxylic acids is 2. The molecule has 0 fully saturated rings. The van der Waals surface area contributed by atoms with Gasteiger partial charge in [0.25, 0.3) is 11.6 Å². The summed E-state index contributed by atoms with van der Waals surface area (Å²) in [4.78, 5) is 34.7. The SMILES string of the molecule is CC(C)(C)NC(=O)COC(=O)c1ccc(NCc2ccccc2Cl)c([N+](=O)[O-])c1. The van der Waals surface area contributed by atoms with Crippen LogP contribution >= 0.6 is 11.6 Å². The molecule has 8 nitrogen and oxygen atoms in total. The number of anilines is 1. The Morgan fingerprint density at radius 1 is 1.17 bits per heavy atom. The van der Waals surface area contributed by atoms with E-state index in [0.29, 0.717) is 5.02 Å². The van der Waals surface area contributed by atoms with Crippen LogP contribution in [-0.2, 0) is 16.1 Å². The lowest BCUT2D eigenvalue weighted by Gasteiger charge is -2.20. The zero-order valence-electron chi connectivity index (χ0n) is 16.3. The van der Waals surface area contributed by atoms with Crippen LogP contribution in [0.15, 0.2) is 42.5 Å². The Bertz CT molecular complexity index is 925. The summed E-state index contributed by atoms with van der Waals surface area (Å²) in [5, 5.41) is 17.6. The second-order valence-corrected chi connectivity index (χ2v) is 7.72. The smallest absolute Gasteiger partial charge is 0.338 e. The number of carbonyl (C=O) groups is 2. The Labute approximate surface area is 173 Å². The van der Waals surface area contributed by atoms with Crippen LogP contribution in [0.25, 0.3) is 0 Å². The number of esters is 1. The van der Waals surface area contributed by atoms with Crippen LogP contribution in [0.1, 0.15) is 36.7 Å². The first kappa shape index (κ1) is 22.2. The third kappa shape index (κ3) is 6.76. The molecule has 154 valence electrons. The minimum atomic E-state index is -0.824. The van der Waals surface area contributed by atoms with Crippen LogP contribution < -0.4 is 10.6 Å². The topological polar surface area (TPSA) is 111 Å². The Kier molecular flexibility index (Phi) is 7.17. The highest BCUT2D eigenvalue weighted by molar-refractivity contribution is 6.31. The van der Waals surface area contributed by atoms with Gasteiger partial charge in [0.05, 0.1) is 10.5 Å². The molecule has 0 spiro atoms. The van der Waals surface area contributed by atoms with Crippen molar-refractivity contribution in [1.29, 1.82) is 0 Å². The van der Waals surface area contributed by atoms with E-state index in [9.17, 15) is 19.7 Å². The minimum absolute atomic E-state index is 0.0245. The van der Waals surface area contributed by atoms with Gasteiger partial charge in [0, 0.05) is 23.2 Å². The first-order valence-electron chi connectivity index (χ1n) is 8.80. The summed E-state index contributed by atoms with van der Waals surface area (Å²) in [6.07, 6.45) is 0. The van der Waals surface area contributed by atoms with Crippen molar-refractivity contribution < 1.29 is 19.2 Å². The normalized spacial score (nSPS) is 10.9. The molecule has 0 saturated heterocycles. The number of hydrogen-bond donors (Lipinski definition) is 2. The maximum absolute atomic E-state index is 12.2. The van der Waals surface area contributed by atoms with Crippen LogP contribution in [-0.4, -0.2) is 28.9 Å². The predicted octanol–water partition coefficient (Wildman–Crippen LogP) is 3.93. The monoisotopic (exact) mass is 419 g/mol. The molecule has 2 aromatic carbocycles. The molecule has 0 aliphatic carbocycles. The lowest BCUT2D eigenvalue weighted by Crippen LogP contribution is -2.42. The molecule has 0 radical (unpaired) electrons. The van der Waals surface area contributed by atoms with Gasteiger partial charge in [0.1, 0.15) is 5.69 Å². The zero-order valence-corrected chi connectivity index (χ0v) is 17.1. The molecule has 29 heavy (non-hydrogen) atoms. The Morgan fingerprint density at radius 2 is 1.86 bits per heavy atom. The van der Waals surface area contributed by atoms with Crippen molar-refractivity contribution in [2.45, 2.75) is 32.9 Å². The van der Waals surface area contributed by atoms with Gasteiger partial charge in [-0.1, -0.05) is 29.8 Å². The van der Waals surface area contributed by atoms with E-state index < -0.39 is 28.9 Å². The van der Waals surface area contributed by atoms with E-state index in [1.807, 2.05) is 6.07 Å². The molecular weight excluding hydrogens is 398 g/mol. The number of rotatable bonds is 7. The van der Waals surface area contributed by atoms with Gasteiger partial charge in [-0.05, 0) is 44.5 Å². The minimum Gasteiger partial charge on any atom is -0.452 e. The van der Waals surface area contributed by atoms with Gasteiger partial charge in [-0.15, -0.1) is 0 Å². The molecule has 0 unspecified atom stereocenters. The van der Waals surface area contributed by atoms with Crippen LogP contribution in [0.2, 0.25) is 5.02 Å². The first-order valence-corrected chi connectivity index (χ1v) is 9.18. The van der Waals surface area contributed by atoms with Crippen molar-refractivity contribution >= 4 is 34.9 Å². The van der Waals surface area contributed by atoms with E-state index in [1.54, 1.807) is 39.0 Å². The first-order chi connectivity index (χ1) is 13.6. The van der Waals surface area contributed by atoms with E-state index in [-0.39, 0.29) is 23.5 Å². The van der Waals surface area contributed by atoms with Crippen molar-refractivity contribution in [2.24, 2.45) is 0 Å². The van der Waals surface area contributed by atoms with Gasteiger partial charge < -0.3 is 15.4 Å². The number of halogens is 1. The second kappa shape index (κ2) is 9.38. The van der Waals surface area contributed by atoms with E-state index in [4.69, 9.17) is 16.3 Å². The van der Waals surface area contributed by atoms with Gasteiger partial charge in [0.2, 0.25) is 0 Å². The highest BCUT2D eigenvalue weighted by Gasteiger charge is 2.20. The van der Waals surface area contributed by atoms with Gasteiger partial charge in [-0.25, -0.2) is 4.79 Å². The number of hydrogen-bond acceptors (Lipinski definition) is 6. The lowest BCUT2D eigenvalue weighted by molar-refractivity contribution is -0.384. The van der Waals surface area contributed by atoms with Gasteiger partial charge in [0.15, 0.2) is 6.61 Å². The fourth-order valence-electron chi connectivity index (χ4n) is 2.46. The largest absolute Gasteiger partial charge is 0.452 e. The van der Waals surface area contributed by atoms with E-state index in [2.05, 4.69) is 10.6 Å². The Hall–Kier alpha value is -3.13. The van der Waals surface area contributed by atoms with E-state index in [0.717, 1.165) is 11.6 Å². The van der Waals surface area contributed by atoms with Crippen molar-refractivity contribution in [3.05, 3.63) is 68.7 Å². The van der Waals surface area contributed by atoms with Crippen molar-refractivity contribution in [2.75, 3.05) is 11.9 Å². The van der Waals surface area contributed by atoms with Crippen LogP contribution in [0.5, 0.6) is 0 Å². The molecule has 0 aliphatic heterocycles. The summed E-state index contributed by atoms with van der Waals surface area (Å²) < 4.78 is 4.94. The Balaban J connectivity index is 2.08. The molecule has 1 amide bonds. The number of nitrogens with one attached hydrogen (secondary N) is 2. The van der Waals surface area contributed by atoms with E-state index >= 15 is 0 Å². The van der Waals surface area contributed by atoms with Crippen LogP contribution in [0.3, 0.4) is 0 Å². The fraction of sp³-hybridized carbons (Fsp3) is 0.300. The fourth-order valence-corrected chi connectivity index (χ4v) is 2.66. The molecule has 0 aliphatic rings. The molecule has 0 aromatic heterocycles. The third-order valence-electron chi connectivity index (χ3n) is 3.71. The van der Waals surface area contributed by atoms with Crippen LogP contribution in [0, 0.1) is 10.1 Å². The highest BCUT2D eigenvalue weighted by Crippen LogP contribution is 2.27. The summed E-state index contributed by atoms with van der Waals surface area (Å²) in [5.74, 6) is -1.28. The Morgan fingerprint density at radius 3 is 2.48 bits per heavy atom. The third-order valence-corrected chi connectivity index (χ3v) is 4.07. The summed E-state index contributed by atoms with van der Waals surface area (Å²) in [5.41, 5.74) is 0.236. The number of nitro benzene ring substituents is 1. The van der Waals surface area contributed by atoms with Gasteiger partial charge in [-0.2, -0.15) is 0 Å². The van der Waals surface area contributed by atoms with Gasteiger partial charge >= 0.3 is 5.97 Å².